The number of pyridine rings is 1. The first-order valence-corrected chi connectivity index (χ1v) is 7.89. The Hall–Kier alpha value is -1.87. The summed E-state index contributed by atoms with van der Waals surface area (Å²) in [5.41, 5.74) is 4.06. The monoisotopic (exact) mass is 281 g/mol. The number of aromatic nitrogens is 1. The molecule has 0 unspecified atom stereocenters. The van der Waals surface area contributed by atoms with Gasteiger partial charge in [0.05, 0.1) is 0 Å². The number of anilines is 2. The third-order valence-electron chi connectivity index (χ3n) is 4.03. The number of aryl methyl sites for hydroxylation is 1. The molecule has 0 spiro atoms. The van der Waals surface area contributed by atoms with Gasteiger partial charge < -0.3 is 10.2 Å². The zero-order valence-corrected chi connectivity index (χ0v) is 12.7. The summed E-state index contributed by atoms with van der Waals surface area (Å²) in [6, 6.07) is 13.0. The molecule has 1 aromatic heterocycles. The Morgan fingerprint density at radius 2 is 2.10 bits per heavy atom. The first-order valence-electron chi connectivity index (χ1n) is 7.89. The minimum Gasteiger partial charge on any atom is -0.326 e. The van der Waals surface area contributed by atoms with Crippen molar-refractivity contribution in [3.63, 3.8) is 0 Å². The molecule has 3 heteroatoms. The summed E-state index contributed by atoms with van der Waals surface area (Å²) in [6.07, 6.45) is 5.57. The molecule has 3 nitrogen and oxygen atoms in total. The number of para-hydroxylation sites is 1. The maximum Gasteiger partial charge on any atom is 0.133 e. The first-order chi connectivity index (χ1) is 10.4. The Labute approximate surface area is 127 Å². The predicted molar refractivity (Wildman–Crippen MR) is 88.0 cm³/mol. The van der Waals surface area contributed by atoms with Crippen molar-refractivity contribution in [1.82, 2.24) is 10.3 Å². The number of rotatable bonds is 4. The molecule has 0 amide bonds. The van der Waals surface area contributed by atoms with Gasteiger partial charge in [0.25, 0.3) is 0 Å². The van der Waals surface area contributed by atoms with Crippen LogP contribution in [0.1, 0.15) is 30.9 Å². The van der Waals surface area contributed by atoms with Crippen LogP contribution in [0.25, 0.3) is 0 Å². The highest BCUT2D eigenvalue weighted by atomic mass is 15.2. The van der Waals surface area contributed by atoms with Crippen LogP contribution >= 0.6 is 0 Å². The zero-order chi connectivity index (χ0) is 14.5. The average Bonchev–Trinajstić information content (AvgIpc) is 2.75. The van der Waals surface area contributed by atoms with E-state index in [0.717, 1.165) is 25.5 Å². The lowest BCUT2D eigenvalue weighted by atomic mass is 10.1. The Morgan fingerprint density at radius 3 is 3.00 bits per heavy atom. The summed E-state index contributed by atoms with van der Waals surface area (Å²) in [5.74, 6) is 1.07. The van der Waals surface area contributed by atoms with Gasteiger partial charge in [-0.3, -0.25) is 0 Å². The molecule has 2 heterocycles. The van der Waals surface area contributed by atoms with E-state index < -0.39 is 0 Å². The molecule has 110 valence electrons. The van der Waals surface area contributed by atoms with Gasteiger partial charge in [0, 0.05) is 25.0 Å². The Kier molecular flexibility index (Phi) is 4.51. The van der Waals surface area contributed by atoms with Crippen LogP contribution in [-0.4, -0.2) is 18.1 Å². The predicted octanol–water partition coefficient (Wildman–Crippen LogP) is 3.67. The van der Waals surface area contributed by atoms with Crippen molar-refractivity contribution < 1.29 is 0 Å². The SMILES string of the molecule is CCNCc1ccnc(N2CCCCc3ccccc32)c1. The summed E-state index contributed by atoms with van der Waals surface area (Å²) < 4.78 is 0. The number of hydrogen-bond donors (Lipinski definition) is 1. The summed E-state index contributed by atoms with van der Waals surface area (Å²) in [6.45, 7) is 5.08. The Balaban J connectivity index is 1.92. The Morgan fingerprint density at radius 1 is 1.19 bits per heavy atom. The van der Waals surface area contributed by atoms with Gasteiger partial charge in [0.2, 0.25) is 0 Å². The smallest absolute Gasteiger partial charge is 0.133 e. The van der Waals surface area contributed by atoms with E-state index >= 15 is 0 Å². The molecule has 1 N–H and O–H groups in total. The second kappa shape index (κ2) is 6.72. The molecule has 2 aromatic rings. The molecule has 0 radical (unpaired) electrons. The van der Waals surface area contributed by atoms with Crippen LogP contribution < -0.4 is 10.2 Å². The second-order valence-corrected chi connectivity index (χ2v) is 5.54. The number of hydrogen-bond acceptors (Lipinski definition) is 3. The number of nitrogens with one attached hydrogen (secondary N) is 1. The van der Waals surface area contributed by atoms with Crippen LogP contribution in [0.15, 0.2) is 42.6 Å². The summed E-state index contributed by atoms with van der Waals surface area (Å²) in [7, 11) is 0. The first kappa shape index (κ1) is 14.1. The van der Waals surface area contributed by atoms with Crippen LogP contribution in [-0.2, 0) is 13.0 Å². The van der Waals surface area contributed by atoms with Crippen molar-refractivity contribution in [2.75, 3.05) is 18.0 Å². The highest BCUT2D eigenvalue weighted by molar-refractivity contribution is 5.64. The van der Waals surface area contributed by atoms with E-state index in [-0.39, 0.29) is 0 Å². The molecule has 0 saturated heterocycles. The van der Waals surface area contributed by atoms with Crippen molar-refractivity contribution in [3.8, 4) is 0 Å². The van der Waals surface area contributed by atoms with Gasteiger partial charge in [-0.05, 0) is 55.1 Å². The molecule has 0 bridgehead atoms. The third-order valence-corrected chi connectivity index (χ3v) is 4.03. The van der Waals surface area contributed by atoms with Crippen LogP contribution in [0.5, 0.6) is 0 Å². The zero-order valence-electron chi connectivity index (χ0n) is 12.7. The molecule has 0 atom stereocenters. The van der Waals surface area contributed by atoms with Gasteiger partial charge in [-0.1, -0.05) is 25.1 Å². The van der Waals surface area contributed by atoms with Crippen molar-refractivity contribution in [2.45, 2.75) is 32.7 Å². The summed E-state index contributed by atoms with van der Waals surface area (Å²) in [4.78, 5) is 6.98. The van der Waals surface area contributed by atoms with E-state index in [9.17, 15) is 0 Å². The maximum absolute atomic E-state index is 4.61. The van der Waals surface area contributed by atoms with Crippen molar-refractivity contribution in [2.24, 2.45) is 0 Å². The standard InChI is InChI=1S/C18H23N3/c1-2-19-14-15-10-11-20-18(13-15)21-12-6-5-8-16-7-3-4-9-17(16)21/h3-4,7,9-11,13,19H,2,5-6,8,12,14H2,1H3. The number of nitrogens with zero attached hydrogens (tertiary/aromatic N) is 2. The molecule has 0 fully saturated rings. The van der Waals surface area contributed by atoms with E-state index in [4.69, 9.17) is 0 Å². The minimum absolute atomic E-state index is 0.904. The van der Waals surface area contributed by atoms with E-state index in [1.165, 1.54) is 36.1 Å². The molecule has 1 aliphatic rings. The van der Waals surface area contributed by atoms with Gasteiger partial charge in [0.1, 0.15) is 5.82 Å². The lowest BCUT2D eigenvalue weighted by Gasteiger charge is -2.24. The van der Waals surface area contributed by atoms with E-state index in [0.29, 0.717) is 0 Å². The van der Waals surface area contributed by atoms with Crippen LogP contribution in [0.3, 0.4) is 0 Å². The maximum atomic E-state index is 4.61. The lowest BCUT2D eigenvalue weighted by Crippen LogP contribution is -2.20. The van der Waals surface area contributed by atoms with Crippen LogP contribution in [0.4, 0.5) is 11.5 Å². The van der Waals surface area contributed by atoms with Gasteiger partial charge in [-0.2, -0.15) is 0 Å². The Bertz CT molecular complexity index is 595. The fourth-order valence-corrected chi connectivity index (χ4v) is 2.92. The van der Waals surface area contributed by atoms with E-state index in [1.54, 1.807) is 0 Å². The molecule has 3 rings (SSSR count). The molecule has 1 aromatic carbocycles. The largest absolute Gasteiger partial charge is 0.326 e. The third kappa shape index (κ3) is 3.24. The van der Waals surface area contributed by atoms with Gasteiger partial charge in [0.15, 0.2) is 0 Å². The molecule has 1 aliphatic heterocycles. The summed E-state index contributed by atoms with van der Waals surface area (Å²) >= 11 is 0. The molecule has 0 aliphatic carbocycles. The van der Waals surface area contributed by atoms with Crippen LogP contribution in [0.2, 0.25) is 0 Å². The molecular formula is C18H23N3. The van der Waals surface area contributed by atoms with Crippen molar-refractivity contribution in [3.05, 3.63) is 53.7 Å². The highest BCUT2D eigenvalue weighted by Crippen LogP contribution is 2.31. The fraction of sp³-hybridized carbons (Fsp3) is 0.389. The fourth-order valence-electron chi connectivity index (χ4n) is 2.92. The highest BCUT2D eigenvalue weighted by Gasteiger charge is 2.17. The topological polar surface area (TPSA) is 28.2 Å². The van der Waals surface area contributed by atoms with Crippen LogP contribution in [0, 0.1) is 0 Å². The number of benzene rings is 1. The molecule has 21 heavy (non-hydrogen) atoms. The summed E-state index contributed by atoms with van der Waals surface area (Å²) in [5, 5.41) is 3.38. The van der Waals surface area contributed by atoms with Gasteiger partial charge in [-0.15, -0.1) is 0 Å². The van der Waals surface area contributed by atoms with Gasteiger partial charge >= 0.3 is 0 Å². The van der Waals surface area contributed by atoms with Crippen molar-refractivity contribution >= 4 is 11.5 Å². The van der Waals surface area contributed by atoms with Crippen molar-refractivity contribution in [1.29, 1.82) is 0 Å². The van der Waals surface area contributed by atoms with E-state index in [1.807, 2.05) is 6.20 Å². The quantitative estimate of drug-likeness (QED) is 0.927. The number of fused-ring (bicyclic) bond motifs is 1. The van der Waals surface area contributed by atoms with Gasteiger partial charge in [-0.25, -0.2) is 4.98 Å². The second-order valence-electron chi connectivity index (χ2n) is 5.54. The lowest BCUT2D eigenvalue weighted by molar-refractivity contribution is 0.724. The normalized spacial score (nSPS) is 14.6. The molecular weight excluding hydrogens is 258 g/mol. The molecule has 0 saturated carbocycles. The van der Waals surface area contributed by atoms with E-state index in [2.05, 4.69) is 58.5 Å². The average molecular weight is 281 g/mol. The minimum atomic E-state index is 0.904.